The van der Waals surface area contributed by atoms with Crippen molar-refractivity contribution >= 4 is 27.7 Å². The van der Waals surface area contributed by atoms with E-state index in [0.717, 1.165) is 0 Å². The lowest BCUT2D eigenvalue weighted by atomic mass is 10.2. The Balaban J connectivity index is 2.48. The number of alkyl carbamates (subject to hydrolysis) is 1. The number of primary sulfonamides is 1. The number of hydrogen-bond acceptors (Lipinski definition) is 5. The van der Waals surface area contributed by atoms with Crippen molar-refractivity contribution in [1.29, 1.82) is 0 Å². The van der Waals surface area contributed by atoms with Gasteiger partial charge in [0.2, 0.25) is 15.9 Å². The zero-order chi connectivity index (χ0) is 17.7. The normalized spacial score (nSPS) is 11.7. The number of nitrogens with one attached hydrogen (secondary N) is 2. The monoisotopic (exact) mass is 343 g/mol. The lowest BCUT2D eigenvalue weighted by molar-refractivity contribution is -0.116. The van der Waals surface area contributed by atoms with Gasteiger partial charge in [-0.15, -0.1) is 0 Å². The maximum absolute atomic E-state index is 11.8. The fourth-order valence-corrected chi connectivity index (χ4v) is 2.13. The first-order chi connectivity index (χ1) is 10.5. The highest BCUT2D eigenvalue weighted by Gasteiger charge is 2.16. The predicted molar refractivity (Wildman–Crippen MR) is 85.3 cm³/mol. The maximum Gasteiger partial charge on any atom is 0.407 e. The molecule has 0 bridgehead atoms. The second-order valence-electron chi connectivity index (χ2n) is 5.80. The van der Waals surface area contributed by atoms with E-state index in [-0.39, 0.29) is 23.8 Å². The van der Waals surface area contributed by atoms with Crippen LogP contribution in [0.4, 0.5) is 10.5 Å². The number of anilines is 1. The van der Waals surface area contributed by atoms with Crippen molar-refractivity contribution in [1.82, 2.24) is 5.32 Å². The number of hydrogen-bond donors (Lipinski definition) is 3. The number of rotatable bonds is 5. The van der Waals surface area contributed by atoms with Gasteiger partial charge in [0.05, 0.1) is 4.90 Å². The third-order valence-corrected chi connectivity index (χ3v) is 3.38. The van der Waals surface area contributed by atoms with E-state index >= 15 is 0 Å². The van der Waals surface area contributed by atoms with E-state index in [2.05, 4.69) is 10.6 Å². The fourth-order valence-electron chi connectivity index (χ4n) is 1.57. The first-order valence-corrected chi connectivity index (χ1v) is 8.41. The summed E-state index contributed by atoms with van der Waals surface area (Å²) in [4.78, 5) is 23.1. The quantitative estimate of drug-likeness (QED) is 0.740. The van der Waals surface area contributed by atoms with Crippen molar-refractivity contribution in [3.05, 3.63) is 24.3 Å². The van der Waals surface area contributed by atoms with Crippen LogP contribution in [0.3, 0.4) is 0 Å². The van der Waals surface area contributed by atoms with E-state index < -0.39 is 21.7 Å². The number of sulfonamides is 1. The summed E-state index contributed by atoms with van der Waals surface area (Å²) in [5.41, 5.74) is -0.306. The molecule has 0 aliphatic rings. The molecule has 128 valence electrons. The maximum atomic E-state index is 11.8. The Morgan fingerprint density at radius 1 is 1.26 bits per heavy atom. The predicted octanol–water partition coefficient (Wildman–Crippen LogP) is 1.19. The SMILES string of the molecule is CC(C)(C)OC(=O)NCCC(=O)Nc1cccc(S(N)(=O)=O)c1. The summed E-state index contributed by atoms with van der Waals surface area (Å²) in [7, 11) is -3.83. The molecule has 4 N–H and O–H groups in total. The molecule has 23 heavy (non-hydrogen) atoms. The molecule has 0 atom stereocenters. The van der Waals surface area contributed by atoms with Gasteiger partial charge in [-0.3, -0.25) is 4.79 Å². The Labute approximate surface area is 135 Å². The van der Waals surface area contributed by atoms with Crippen LogP contribution in [0, 0.1) is 0 Å². The minimum Gasteiger partial charge on any atom is -0.444 e. The molecule has 0 aliphatic carbocycles. The molecule has 0 radical (unpaired) electrons. The van der Waals surface area contributed by atoms with Crippen LogP contribution in [0.15, 0.2) is 29.2 Å². The van der Waals surface area contributed by atoms with Crippen molar-refractivity contribution in [2.45, 2.75) is 37.7 Å². The number of ether oxygens (including phenoxy) is 1. The number of benzene rings is 1. The molecular weight excluding hydrogens is 322 g/mol. The standard InChI is InChI=1S/C14H21N3O5S/c1-14(2,3)22-13(19)16-8-7-12(18)17-10-5-4-6-11(9-10)23(15,20)21/h4-6,9H,7-8H2,1-3H3,(H,16,19)(H,17,18)(H2,15,20,21). The molecule has 0 spiro atoms. The second-order valence-corrected chi connectivity index (χ2v) is 7.36. The van der Waals surface area contributed by atoms with Gasteiger partial charge in [0.15, 0.2) is 0 Å². The average Bonchev–Trinajstić information content (AvgIpc) is 2.35. The van der Waals surface area contributed by atoms with E-state index in [1.807, 2.05) is 0 Å². The number of nitrogens with two attached hydrogens (primary N) is 1. The highest BCUT2D eigenvalue weighted by Crippen LogP contribution is 2.14. The Bertz CT molecular complexity index is 680. The van der Waals surface area contributed by atoms with Crippen LogP contribution in [-0.4, -0.2) is 32.6 Å². The molecule has 8 nitrogen and oxygen atoms in total. The van der Waals surface area contributed by atoms with Gasteiger partial charge < -0.3 is 15.4 Å². The molecule has 0 aliphatic heterocycles. The summed E-state index contributed by atoms with van der Waals surface area (Å²) < 4.78 is 27.5. The van der Waals surface area contributed by atoms with E-state index in [4.69, 9.17) is 9.88 Å². The van der Waals surface area contributed by atoms with E-state index in [1.54, 1.807) is 20.8 Å². The molecule has 0 saturated heterocycles. The van der Waals surface area contributed by atoms with Gasteiger partial charge in [-0.2, -0.15) is 0 Å². The molecule has 9 heteroatoms. The van der Waals surface area contributed by atoms with E-state index in [9.17, 15) is 18.0 Å². The minimum absolute atomic E-state index is 0.0127. The average molecular weight is 343 g/mol. The molecule has 1 aromatic rings. The lowest BCUT2D eigenvalue weighted by Crippen LogP contribution is -2.34. The highest BCUT2D eigenvalue weighted by molar-refractivity contribution is 7.89. The van der Waals surface area contributed by atoms with Gasteiger partial charge in [0.25, 0.3) is 0 Å². The Hall–Kier alpha value is -2.13. The molecule has 2 amide bonds. The smallest absolute Gasteiger partial charge is 0.407 e. The van der Waals surface area contributed by atoms with Crippen molar-refractivity contribution in [3.63, 3.8) is 0 Å². The van der Waals surface area contributed by atoms with Crippen LogP contribution in [0.25, 0.3) is 0 Å². The topological polar surface area (TPSA) is 128 Å². The molecular formula is C14H21N3O5S. The molecule has 0 fully saturated rings. The van der Waals surface area contributed by atoms with Crippen LogP contribution in [0.5, 0.6) is 0 Å². The van der Waals surface area contributed by atoms with Crippen molar-refractivity contribution in [2.24, 2.45) is 5.14 Å². The van der Waals surface area contributed by atoms with E-state index in [0.29, 0.717) is 5.69 Å². The Kier molecular flexibility index (Phi) is 6.11. The van der Waals surface area contributed by atoms with Gasteiger partial charge in [-0.05, 0) is 39.0 Å². The zero-order valence-corrected chi connectivity index (χ0v) is 14.1. The number of carbonyl (C=O) groups excluding carboxylic acids is 2. The third kappa shape index (κ3) is 7.61. The van der Waals surface area contributed by atoms with Crippen LogP contribution in [0.1, 0.15) is 27.2 Å². The second kappa shape index (κ2) is 7.42. The molecule has 0 unspecified atom stereocenters. The fraction of sp³-hybridized carbons (Fsp3) is 0.429. The summed E-state index contributed by atoms with van der Waals surface area (Å²) in [6.45, 7) is 5.29. The number of amides is 2. The van der Waals surface area contributed by atoms with Gasteiger partial charge >= 0.3 is 6.09 Å². The molecule has 0 heterocycles. The van der Waals surface area contributed by atoms with Crippen molar-refractivity contribution < 1.29 is 22.7 Å². The first kappa shape index (κ1) is 18.9. The minimum atomic E-state index is -3.83. The largest absolute Gasteiger partial charge is 0.444 e. The van der Waals surface area contributed by atoms with Crippen LogP contribution in [0.2, 0.25) is 0 Å². The van der Waals surface area contributed by atoms with Crippen molar-refractivity contribution in [3.8, 4) is 0 Å². The van der Waals surface area contributed by atoms with Crippen LogP contribution >= 0.6 is 0 Å². The summed E-state index contributed by atoms with van der Waals surface area (Å²) >= 11 is 0. The third-order valence-electron chi connectivity index (χ3n) is 2.47. The van der Waals surface area contributed by atoms with Crippen molar-refractivity contribution in [2.75, 3.05) is 11.9 Å². The highest BCUT2D eigenvalue weighted by atomic mass is 32.2. The summed E-state index contributed by atoms with van der Waals surface area (Å²) in [6.07, 6.45) is -0.597. The Morgan fingerprint density at radius 2 is 1.91 bits per heavy atom. The molecule has 1 rings (SSSR count). The summed E-state index contributed by atoms with van der Waals surface area (Å²) in [5.74, 6) is -0.382. The van der Waals surface area contributed by atoms with Gasteiger partial charge in [0.1, 0.15) is 5.60 Å². The zero-order valence-electron chi connectivity index (χ0n) is 13.3. The van der Waals surface area contributed by atoms with Crippen LogP contribution < -0.4 is 15.8 Å². The molecule has 0 saturated carbocycles. The van der Waals surface area contributed by atoms with Gasteiger partial charge in [0, 0.05) is 18.7 Å². The molecule has 0 aromatic heterocycles. The van der Waals surface area contributed by atoms with Gasteiger partial charge in [-0.1, -0.05) is 6.07 Å². The van der Waals surface area contributed by atoms with Gasteiger partial charge in [-0.25, -0.2) is 18.4 Å². The molecule has 1 aromatic carbocycles. The summed E-state index contributed by atoms with van der Waals surface area (Å²) in [5, 5.41) is 10.00. The number of carbonyl (C=O) groups is 2. The van der Waals surface area contributed by atoms with Crippen LogP contribution in [-0.2, 0) is 19.6 Å². The first-order valence-electron chi connectivity index (χ1n) is 6.87. The van der Waals surface area contributed by atoms with E-state index in [1.165, 1.54) is 24.3 Å². The lowest BCUT2D eigenvalue weighted by Gasteiger charge is -2.19. The Morgan fingerprint density at radius 3 is 2.48 bits per heavy atom. The summed E-state index contributed by atoms with van der Waals surface area (Å²) in [6, 6.07) is 5.59.